The molecule has 0 radical (unpaired) electrons. The maximum atomic E-state index is 10.3. The lowest BCUT2D eigenvalue weighted by molar-refractivity contribution is -0.391. The van der Waals surface area contributed by atoms with E-state index in [0.717, 1.165) is 0 Å². The fourth-order valence-corrected chi connectivity index (χ4v) is 0.870. The zero-order valence-corrected chi connectivity index (χ0v) is 6.85. The highest BCUT2D eigenvalue weighted by Gasteiger charge is 2.15. The summed E-state index contributed by atoms with van der Waals surface area (Å²) in [4.78, 5) is 13.7. The average molecular weight is 171 g/mol. The van der Waals surface area contributed by atoms with Gasteiger partial charge in [-0.05, 0) is 4.92 Å². The smallest absolute Gasteiger partial charge is 0.342 e. The van der Waals surface area contributed by atoms with Crippen molar-refractivity contribution in [2.24, 2.45) is 7.05 Å². The maximum Gasteiger partial charge on any atom is 0.342 e. The summed E-state index contributed by atoms with van der Waals surface area (Å²) in [6.45, 7) is 0.282. The van der Waals surface area contributed by atoms with Crippen molar-refractivity contribution < 1.29 is 9.66 Å². The summed E-state index contributed by atoms with van der Waals surface area (Å²) >= 11 is 0. The third-order valence-electron chi connectivity index (χ3n) is 1.52. The quantitative estimate of drug-likeness (QED) is 0.489. The van der Waals surface area contributed by atoms with Gasteiger partial charge in [0.15, 0.2) is 0 Å². The van der Waals surface area contributed by atoms with Crippen LogP contribution in [0.1, 0.15) is 5.82 Å². The van der Waals surface area contributed by atoms with E-state index in [-0.39, 0.29) is 12.4 Å². The van der Waals surface area contributed by atoms with Crippen LogP contribution in [0.5, 0.6) is 0 Å². The first-order valence-corrected chi connectivity index (χ1v) is 3.30. The SMILES string of the molecule is COCc1ncc([N+](=O)[O-])n1C. The van der Waals surface area contributed by atoms with E-state index >= 15 is 0 Å². The zero-order valence-electron chi connectivity index (χ0n) is 6.85. The zero-order chi connectivity index (χ0) is 9.14. The molecule has 1 rings (SSSR count). The largest absolute Gasteiger partial charge is 0.374 e. The minimum atomic E-state index is -0.480. The van der Waals surface area contributed by atoms with Gasteiger partial charge in [0.1, 0.15) is 12.8 Å². The molecule has 0 spiro atoms. The van der Waals surface area contributed by atoms with E-state index in [1.807, 2.05) is 0 Å². The van der Waals surface area contributed by atoms with Gasteiger partial charge in [-0.2, -0.15) is 0 Å². The van der Waals surface area contributed by atoms with E-state index in [4.69, 9.17) is 4.74 Å². The van der Waals surface area contributed by atoms with Crippen molar-refractivity contribution in [2.45, 2.75) is 6.61 Å². The second-order valence-electron chi connectivity index (χ2n) is 2.28. The fraction of sp³-hybridized carbons (Fsp3) is 0.500. The number of imidazole rings is 1. The summed E-state index contributed by atoms with van der Waals surface area (Å²) in [7, 11) is 3.10. The van der Waals surface area contributed by atoms with Gasteiger partial charge in [0.05, 0.1) is 7.05 Å². The minimum absolute atomic E-state index is 0.0259. The van der Waals surface area contributed by atoms with Gasteiger partial charge in [-0.15, -0.1) is 0 Å². The Balaban J connectivity index is 2.96. The third-order valence-corrected chi connectivity index (χ3v) is 1.52. The summed E-state index contributed by atoms with van der Waals surface area (Å²) in [5.74, 6) is 0.520. The summed E-state index contributed by atoms with van der Waals surface area (Å²) in [6, 6.07) is 0. The van der Waals surface area contributed by atoms with Crippen LogP contribution in [0.2, 0.25) is 0 Å². The highest BCUT2D eigenvalue weighted by molar-refractivity contribution is 5.18. The monoisotopic (exact) mass is 171 g/mol. The molecule has 1 heterocycles. The fourth-order valence-electron chi connectivity index (χ4n) is 0.870. The van der Waals surface area contributed by atoms with E-state index in [1.165, 1.54) is 17.9 Å². The summed E-state index contributed by atoms with van der Waals surface area (Å²) in [6.07, 6.45) is 1.22. The third kappa shape index (κ3) is 1.42. The Labute approximate surface area is 68.9 Å². The van der Waals surface area contributed by atoms with Crippen molar-refractivity contribution in [1.29, 1.82) is 0 Å². The lowest BCUT2D eigenvalue weighted by atomic mass is 10.6. The molecule has 1 aromatic rings. The molecule has 0 fully saturated rings. The van der Waals surface area contributed by atoms with Crippen LogP contribution in [0.15, 0.2) is 6.20 Å². The van der Waals surface area contributed by atoms with Crippen molar-refractivity contribution in [3.8, 4) is 0 Å². The molecule has 0 unspecified atom stereocenters. The number of hydrogen-bond donors (Lipinski definition) is 0. The molecule has 0 aliphatic carbocycles. The second kappa shape index (κ2) is 3.31. The number of rotatable bonds is 3. The van der Waals surface area contributed by atoms with Gasteiger partial charge in [0.2, 0.25) is 5.82 Å². The van der Waals surface area contributed by atoms with E-state index in [2.05, 4.69) is 4.98 Å². The normalized spacial score (nSPS) is 10.2. The topological polar surface area (TPSA) is 70.2 Å². The van der Waals surface area contributed by atoms with Gasteiger partial charge in [0, 0.05) is 7.11 Å². The maximum absolute atomic E-state index is 10.3. The molecule has 6 nitrogen and oxygen atoms in total. The van der Waals surface area contributed by atoms with Crippen molar-refractivity contribution in [1.82, 2.24) is 9.55 Å². The first-order chi connectivity index (χ1) is 5.66. The van der Waals surface area contributed by atoms with E-state index in [0.29, 0.717) is 5.82 Å². The van der Waals surface area contributed by atoms with Crippen molar-refractivity contribution >= 4 is 5.82 Å². The first kappa shape index (κ1) is 8.66. The Morgan fingerprint density at radius 2 is 2.50 bits per heavy atom. The lowest BCUT2D eigenvalue weighted by Gasteiger charge is -1.96. The molecule has 0 aliphatic rings. The molecule has 0 saturated carbocycles. The number of nitro groups is 1. The van der Waals surface area contributed by atoms with Crippen LogP contribution in [-0.4, -0.2) is 21.6 Å². The first-order valence-electron chi connectivity index (χ1n) is 3.30. The highest BCUT2D eigenvalue weighted by atomic mass is 16.6. The van der Waals surface area contributed by atoms with Crippen LogP contribution in [0, 0.1) is 10.1 Å². The Bertz CT molecular complexity index is 294. The molecule has 66 valence electrons. The second-order valence-corrected chi connectivity index (χ2v) is 2.28. The van der Waals surface area contributed by atoms with Crippen LogP contribution in [0.25, 0.3) is 0 Å². The number of hydrogen-bond acceptors (Lipinski definition) is 4. The predicted octanol–water partition coefficient (Wildman–Crippen LogP) is 0.475. The Morgan fingerprint density at radius 1 is 1.83 bits per heavy atom. The predicted molar refractivity (Wildman–Crippen MR) is 40.6 cm³/mol. The van der Waals surface area contributed by atoms with Gasteiger partial charge < -0.3 is 14.9 Å². The molecule has 6 heteroatoms. The molecular weight excluding hydrogens is 162 g/mol. The molecule has 0 aliphatic heterocycles. The van der Waals surface area contributed by atoms with Crippen LogP contribution < -0.4 is 0 Å². The van der Waals surface area contributed by atoms with Crippen LogP contribution in [-0.2, 0) is 18.4 Å². The Morgan fingerprint density at radius 3 is 2.92 bits per heavy atom. The van der Waals surface area contributed by atoms with Gasteiger partial charge >= 0.3 is 5.82 Å². The number of ether oxygens (including phenoxy) is 1. The molecule has 0 bridgehead atoms. The summed E-state index contributed by atoms with van der Waals surface area (Å²) < 4.78 is 6.19. The van der Waals surface area contributed by atoms with Gasteiger partial charge in [-0.3, -0.25) is 0 Å². The van der Waals surface area contributed by atoms with E-state index in [9.17, 15) is 10.1 Å². The molecule has 0 N–H and O–H groups in total. The van der Waals surface area contributed by atoms with Crippen molar-refractivity contribution in [2.75, 3.05) is 7.11 Å². The highest BCUT2D eigenvalue weighted by Crippen LogP contribution is 2.11. The van der Waals surface area contributed by atoms with E-state index in [1.54, 1.807) is 7.05 Å². The Hall–Kier alpha value is -1.43. The summed E-state index contributed by atoms with van der Waals surface area (Å²) in [5.41, 5.74) is 0. The van der Waals surface area contributed by atoms with Crippen molar-refractivity contribution in [3.63, 3.8) is 0 Å². The number of nitrogens with zero attached hydrogens (tertiary/aromatic N) is 3. The average Bonchev–Trinajstić information content (AvgIpc) is 2.34. The number of methoxy groups -OCH3 is 1. The van der Waals surface area contributed by atoms with E-state index < -0.39 is 4.92 Å². The standard InChI is InChI=1S/C6H9N3O3/c1-8-5(4-12-2)7-3-6(8)9(10)11/h3H,4H2,1-2H3. The lowest BCUT2D eigenvalue weighted by Crippen LogP contribution is -2.02. The van der Waals surface area contributed by atoms with Gasteiger partial charge in [-0.25, -0.2) is 9.55 Å². The molecule has 12 heavy (non-hydrogen) atoms. The Kier molecular flexibility index (Phi) is 2.39. The van der Waals surface area contributed by atoms with Gasteiger partial charge in [-0.1, -0.05) is 0 Å². The molecule has 0 atom stereocenters. The van der Waals surface area contributed by atoms with Crippen LogP contribution >= 0.6 is 0 Å². The van der Waals surface area contributed by atoms with Crippen LogP contribution in [0.3, 0.4) is 0 Å². The van der Waals surface area contributed by atoms with Crippen LogP contribution in [0.4, 0.5) is 5.82 Å². The molecule has 1 aromatic heterocycles. The molecule has 0 saturated heterocycles. The number of aromatic nitrogens is 2. The minimum Gasteiger partial charge on any atom is -0.374 e. The van der Waals surface area contributed by atoms with Crippen molar-refractivity contribution in [3.05, 3.63) is 22.1 Å². The molecule has 0 amide bonds. The molecular formula is C6H9N3O3. The summed E-state index contributed by atoms with van der Waals surface area (Å²) in [5, 5.41) is 10.3. The molecule has 0 aromatic carbocycles. The van der Waals surface area contributed by atoms with Gasteiger partial charge in [0.25, 0.3) is 0 Å².